The molecule has 0 bridgehead atoms. The number of ether oxygens (including phenoxy) is 1. The molecule has 3 rings (SSSR count). The predicted molar refractivity (Wildman–Crippen MR) is 137 cm³/mol. The van der Waals surface area contributed by atoms with Crippen molar-refractivity contribution in [2.45, 2.75) is 57.1 Å². The topological polar surface area (TPSA) is 96.9 Å². The number of aliphatic hydroxyl groups is 1. The normalized spacial score (nSPS) is 25.0. The molecule has 0 saturated carbocycles. The number of rotatable bonds is 6. The molecule has 0 spiro atoms. The second-order valence-corrected chi connectivity index (χ2v) is 10.8. The molecular formula is C26H46N5O5. The fourth-order valence-electron chi connectivity index (χ4n) is 6.53. The molecule has 2 atom stereocenters. The Bertz CT molecular complexity index is 764. The van der Waals surface area contributed by atoms with Crippen LogP contribution in [0.4, 0.5) is 9.59 Å². The van der Waals surface area contributed by atoms with Crippen molar-refractivity contribution in [2.24, 2.45) is 11.8 Å². The maximum Gasteiger partial charge on any atom is 0.319 e. The molecule has 36 heavy (non-hydrogen) atoms. The first-order valence-corrected chi connectivity index (χ1v) is 13.4. The van der Waals surface area contributed by atoms with Gasteiger partial charge in [-0.15, -0.1) is 0 Å². The predicted octanol–water partition coefficient (Wildman–Crippen LogP) is 1.74. The van der Waals surface area contributed by atoms with E-state index in [-0.39, 0.29) is 42.0 Å². The third-order valence-corrected chi connectivity index (χ3v) is 8.59. The Morgan fingerprint density at radius 2 is 1.50 bits per heavy atom. The van der Waals surface area contributed by atoms with Crippen molar-refractivity contribution >= 4 is 18.0 Å². The highest BCUT2D eigenvalue weighted by Gasteiger charge is 2.54. The van der Waals surface area contributed by atoms with E-state index in [9.17, 15) is 19.5 Å². The summed E-state index contributed by atoms with van der Waals surface area (Å²) in [7, 11) is 6.87. The van der Waals surface area contributed by atoms with Crippen LogP contribution in [-0.4, -0.2) is 133 Å². The van der Waals surface area contributed by atoms with Crippen LogP contribution >= 0.6 is 0 Å². The standard InChI is InChI=1S/C26H46N5O5/c1-20(36-5)23(33)31-13-7-6-12-26(31,21-8-14-29(15-9-21)24(34)27(2)3)22-10-16-30(17-11-22)25(35)28(4)18-19-32/h6,20-22,32H,7-19H2,1-5H3. The molecule has 10 heteroatoms. The molecule has 0 aromatic heterocycles. The van der Waals surface area contributed by atoms with E-state index in [2.05, 4.69) is 11.3 Å². The first-order valence-electron chi connectivity index (χ1n) is 13.4. The highest BCUT2D eigenvalue weighted by atomic mass is 16.5. The second-order valence-electron chi connectivity index (χ2n) is 10.8. The number of urea groups is 2. The van der Waals surface area contributed by atoms with Gasteiger partial charge in [0.1, 0.15) is 6.10 Å². The average molecular weight is 509 g/mol. The summed E-state index contributed by atoms with van der Waals surface area (Å²) in [6, 6.07) is -0.0133. The van der Waals surface area contributed by atoms with Gasteiger partial charge in [-0.2, -0.15) is 0 Å². The third kappa shape index (κ3) is 5.74. The lowest BCUT2D eigenvalue weighted by molar-refractivity contribution is -0.159. The minimum absolute atomic E-state index is 0.0393. The summed E-state index contributed by atoms with van der Waals surface area (Å²) in [5.41, 5.74) is -0.332. The Morgan fingerprint density at radius 1 is 0.972 bits per heavy atom. The van der Waals surface area contributed by atoms with Gasteiger partial charge in [-0.1, -0.05) is 0 Å². The van der Waals surface area contributed by atoms with Crippen molar-refractivity contribution in [1.82, 2.24) is 24.5 Å². The van der Waals surface area contributed by atoms with Crippen LogP contribution < -0.4 is 0 Å². The largest absolute Gasteiger partial charge is 0.395 e. The number of hydrogen-bond donors (Lipinski definition) is 1. The summed E-state index contributed by atoms with van der Waals surface area (Å²) in [5, 5.41) is 9.21. The third-order valence-electron chi connectivity index (χ3n) is 8.59. The minimum atomic E-state index is -0.508. The zero-order valence-corrected chi connectivity index (χ0v) is 22.8. The van der Waals surface area contributed by atoms with E-state index >= 15 is 0 Å². The molecule has 0 aromatic rings. The Morgan fingerprint density at radius 3 is 1.97 bits per heavy atom. The zero-order valence-electron chi connectivity index (χ0n) is 22.8. The molecule has 5 amide bonds. The lowest BCUT2D eigenvalue weighted by atomic mass is 9.62. The van der Waals surface area contributed by atoms with Gasteiger partial charge in [0, 0.05) is 73.1 Å². The molecule has 3 fully saturated rings. The monoisotopic (exact) mass is 508 g/mol. The van der Waals surface area contributed by atoms with E-state index in [1.165, 1.54) is 0 Å². The molecule has 10 nitrogen and oxygen atoms in total. The number of likely N-dealkylation sites (tertiary alicyclic amines) is 3. The maximum absolute atomic E-state index is 13.6. The van der Waals surface area contributed by atoms with Crippen molar-refractivity contribution in [3.63, 3.8) is 0 Å². The zero-order chi connectivity index (χ0) is 26.5. The number of piperidine rings is 3. The molecule has 3 heterocycles. The first kappa shape index (κ1) is 28.5. The molecule has 3 aliphatic heterocycles. The van der Waals surface area contributed by atoms with Gasteiger partial charge in [-0.3, -0.25) is 4.79 Å². The van der Waals surface area contributed by atoms with Gasteiger partial charge in [-0.25, -0.2) is 9.59 Å². The lowest BCUT2D eigenvalue weighted by Gasteiger charge is -2.59. The van der Waals surface area contributed by atoms with Gasteiger partial charge in [0.25, 0.3) is 5.91 Å². The van der Waals surface area contributed by atoms with Crippen LogP contribution in [0.15, 0.2) is 0 Å². The van der Waals surface area contributed by atoms with E-state index in [0.29, 0.717) is 39.3 Å². The van der Waals surface area contributed by atoms with Crippen molar-refractivity contribution in [2.75, 3.05) is 74.1 Å². The molecule has 0 aromatic carbocycles. The van der Waals surface area contributed by atoms with Gasteiger partial charge in [0.05, 0.1) is 6.61 Å². The van der Waals surface area contributed by atoms with Crippen LogP contribution in [0.3, 0.4) is 0 Å². The fraction of sp³-hybridized carbons (Fsp3) is 0.846. The molecule has 0 aliphatic carbocycles. The summed E-state index contributed by atoms with van der Waals surface area (Å²) in [4.78, 5) is 48.1. The molecule has 3 saturated heterocycles. The number of nitrogens with zero attached hydrogens (tertiary/aromatic N) is 5. The number of amides is 5. The van der Waals surface area contributed by atoms with Crippen LogP contribution in [0.2, 0.25) is 0 Å². The van der Waals surface area contributed by atoms with Gasteiger partial charge in [-0.05, 0) is 63.7 Å². The number of carbonyl (C=O) groups excluding carboxylic acids is 3. The smallest absolute Gasteiger partial charge is 0.319 e. The van der Waals surface area contributed by atoms with Crippen molar-refractivity contribution in [3.05, 3.63) is 6.42 Å². The van der Waals surface area contributed by atoms with Crippen molar-refractivity contribution in [3.8, 4) is 0 Å². The van der Waals surface area contributed by atoms with Crippen molar-refractivity contribution < 1.29 is 24.2 Å². The number of methoxy groups -OCH3 is 1. The Balaban J connectivity index is 1.84. The molecule has 1 radical (unpaired) electrons. The summed E-state index contributed by atoms with van der Waals surface area (Å²) < 4.78 is 5.47. The molecule has 2 unspecified atom stereocenters. The molecule has 205 valence electrons. The number of hydrogen-bond acceptors (Lipinski definition) is 5. The summed E-state index contributed by atoms with van der Waals surface area (Å²) in [6.07, 6.45) is 6.91. The highest BCUT2D eigenvalue weighted by Crippen LogP contribution is 2.48. The van der Waals surface area contributed by atoms with Gasteiger partial charge < -0.3 is 34.3 Å². The van der Waals surface area contributed by atoms with E-state index in [1.807, 2.05) is 16.7 Å². The van der Waals surface area contributed by atoms with Crippen LogP contribution in [0.1, 0.15) is 45.4 Å². The SMILES string of the molecule is COC(C)C(=O)N1CC[CH]CC1(C1CCN(C(=O)N(C)C)CC1)C1CCN(C(=O)N(C)CCO)CC1. The maximum atomic E-state index is 13.6. The second kappa shape index (κ2) is 12.4. The van der Waals surface area contributed by atoms with E-state index in [0.717, 1.165) is 38.5 Å². The van der Waals surface area contributed by atoms with E-state index in [4.69, 9.17) is 4.74 Å². The molecule has 3 aliphatic rings. The van der Waals surface area contributed by atoms with Crippen LogP contribution in [0, 0.1) is 18.3 Å². The molecule has 1 N–H and O–H groups in total. The van der Waals surface area contributed by atoms with Crippen molar-refractivity contribution in [1.29, 1.82) is 0 Å². The van der Waals surface area contributed by atoms with Crippen LogP contribution in [0.25, 0.3) is 0 Å². The van der Waals surface area contributed by atoms with Crippen LogP contribution in [-0.2, 0) is 9.53 Å². The first-order chi connectivity index (χ1) is 17.2. The molecular weight excluding hydrogens is 462 g/mol. The lowest BCUT2D eigenvalue weighted by Crippen LogP contribution is -2.67. The van der Waals surface area contributed by atoms with Gasteiger partial charge >= 0.3 is 12.1 Å². The number of likely N-dealkylation sites (N-methyl/N-ethyl adjacent to an activating group) is 1. The van der Waals surface area contributed by atoms with Gasteiger partial charge in [0.2, 0.25) is 0 Å². The van der Waals surface area contributed by atoms with E-state index in [1.54, 1.807) is 38.1 Å². The quantitative estimate of drug-likeness (QED) is 0.590. The Kier molecular flexibility index (Phi) is 9.86. The number of carbonyl (C=O) groups is 3. The number of aliphatic hydroxyl groups excluding tert-OH is 1. The highest BCUT2D eigenvalue weighted by molar-refractivity contribution is 5.81. The average Bonchev–Trinajstić information content (AvgIpc) is 2.91. The van der Waals surface area contributed by atoms with E-state index < -0.39 is 6.10 Å². The van der Waals surface area contributed by atoms with Crippen LogP contribution in [0.5, 0.6) is 0 Å². The fourth-order valence-corrected chi connectivity index (χ4v) is 6.53. The summed E-state index contributed by atoms with van der Waals surface area (Å²) >= 11 is 0. The summed E-state index contributed by atoms with van der Waals surface area (Å²) in [6.45, 7) is 5.43. The Hall–Kier alpha value is -2.07. The summed E-state index contributed by atoms with van der Waals surface area (Å²) in [5.74, 6) is 0.575. The Labute approximate surface area is 216 Å². The minimum Gasteiger partial charge on any atom is -0.395 e. The van der Waals surface area contributed by atoms with Gasteiger partial charge in [0.15, 0.2) is 0 Å².